The third-order valence-electron chi connectivity index (χ3n) is 3.72. The van der Waals surface area contributed by atoms with E-state index in [9.17, 15) is 8.42 Å². The van der Waals surface area contributed by atoms with Crippen molar-refractivity contribution in [1.82, 2.24) is 4.72 Å². The highest BCUT2D eigenvalue weighted by molar-refractivity contribution is 7.89. The summed E-state index contributed by atoms with van der Waals surface area (Å²) >= 11 is 0. The van der Waals surface area contributed by atoms with Gasteiger partial charge in [-0.25, -0.2) is 13.1 Å². The highest BCUT2D eigenvalue weighted by atomic mass is 32.2. The molecule has 2 atom stereocenters. The van der Waals surface area contributed by atoms with E-state index in [-0.39, 0.29) is 17.5 Å². The van der Waals surface area contributed by atoms with Gasteiger partial charge in [0.05, 0.1) is 13.7 Å². The molecule has 1 aromatic rings. The van der Waals surface area contributed by atoms with E-state index in [0.29, 0.717) is 17.2 Å². The van der Waals surface area contributed by atoms with Crippen LogP contribution in [-0.2, 0) is 16.6 Å². The molecular weight excluding hydrogens is 278 g/mol. The summed E-state index contributed by atoms with van der Waals surface area (Å²) in [5.41, 5.74) is 0.547. The molecule has 112 valence electrons. The lowest BCUT2D eigenvalue weighted by atomic mass is 10.1. The summed E-state index contributed by atoms with van der Waals surface area (Å²) in [5.74, 6) is 0.842. The predicted octanol–water partition coefficient (Wildman–Crippen LogP) is 1.65. The molecular formula is C14H21NO4S. The molecule has 0 saturated heterocycles. The van der Waals surface area contributed by atoms with Gasteiger partial charge in [0.25, 0.3) is 0 Å². The molecule has 1 aromatic carbocycles. The fraction of sp³-hybridized carbons (Fsp3) is 0.571. The maximum atomic E-state index is 12.5. The summed E-state index contributed by atoms with van der Waals surface area (Å²) in [7, 11) is -2.19. The van der Waals surface area contributed by atoms with Gasteiger partial charge in [-0.05, 0) is 42.9 Å². The Balaban J connectivity index is 2.28. The van der Waals surface area contributed by atoms with Crippen LogP contribution in [0.25, 0.3) is 0 Å². The van der Waals surface area contributed by atoms with Crippen LogP contribution in [0.5, 0.6) is 5.75 Å². The Morgan fingerprint density at radius 1 is 1.40 bits per heavy atom. The van der Waals surface area contributed by atoms with Crippen LogP contribution in [0.15, 0.2) is 23.1 Å². The number of aliphatic hydroxyl groups excluding tert-OH is 1. The second kappa shape index (κ2) is 6.11. The quantitative estimate of drug-likeness (QED) is 0.867. The van der Waals surface area contributed by atoms with E-state index >= 15 is 0 Å². The maximum absolute atomic E-state index is 12.5. The SMILES string of the molecule is COc1ccc(CO)cc1S(=O)(=O)NC1CCC(C)C1. The molecule has 0 aromatic heterocycles. The van der Waals surface area contributed by atoms with Gasteiger partial charge in [-0.2, -0.15) is 0 Å². The Hall–Kier alpha value is -1.11. The largest absolute Gasteiger partial charge is 0.495 e. The van der Waals surface area contributed by atoms with Gasteiger partial charge < -0.3 is 9.84 Å². The second-order valence-corrected chi connectivity index (χ2v) is 7.06. The van der Waals surface area contributed by atoms with Gasteiger partial charge in [-0.15, -0.1) is 0 Å². The van der Waals surface area contributed by atoms with E-state index in [1.165, 1.54) is 13.2 Å². The Labute approximate surface area is 120 Å². The van der Waals surface area contributed by atoms with E-state index in [0.717, 1.165) is 19.3 Å². The lowest BCUT2D eigenvalue weighted by Crippen LogP contribution is -2.33. The van der Waals surface area contributed by atoms with Crippen LogP contribution in [0.3, 0.4) is 0 Å². The fourth-order valence-corrected chi connectivity index (χ4v) is 4.13. The standard InChI is InChI=1S/C14H21NO4S/c1-10-3-5-12(7-10)15-20(17,18)14-8-11(9-16)4-6-13(14)19-2/h4,6,8,10,12,15-16H,3,5,7,9H2,1-2H3. The average molecular weight is 299 g/mol. The molecule has 5 nitrogen and oxygen atoms in total. The first-order chi connectivity index (χ1) is 9.46. The van der Waals surface area contributed by atoms with Crippen molar-refractivity contribution in [2.45, 2.75) is 43.7 Å². The summed E-state index contributed by atoms with van der Waals surface area (Å²) in [4.78, 5) is 0.0890. The van der Waals surface area contributed by atoms with Gasteiger partial charge in [0.1, 0.15) is 10.6 Å². The number of aliphatic hydroxyl groups is 1. The Morgan fingerprint density at radius 2 is 2.15 bits per heavy atom. The first-order valence-corrected chi connectivity index (χ1v) is 8.24. The highest BCUT2D eigenvalue weighted by Gasteiger charge is 2.28. The zero-order valence-electron chi connectivity index (χ0n) is 11.8. The van der Waals surface area contributed by atoms with Gasteiger partial charge in [0, 0.05) is 6.04 Å². The number of ether oxygens (including phenoxy) is 1. The summed E-state index contributed by atoms with van der Waals surface area (Å²) in [6, 6.07) is 4.66. The molecule has 2 rings (SSSR count). The minimum absolute atomic E-state index is 0.0162. The zero-order chi connectivity index (χ0) is 14.8. The van der Waals surface area contributed by atoms with Gasteiger partial charge in [0.15, 0.2) is 0 Å². The first kappa shape index (κ1) is 15.3. The number of hydrogen-bond donors (Lipinski definition) is 2. The van der Waals surface area contributed by atoms with Crippen LogP contribution in [0, 0.1) is 5.92 Å². The lowest BCUT2D eigenvalue weighted by Gasteiger charge is -2.15. The van der Waals surface area contributed by atoms with Gasteiger partial charge in [-0.1, -0.05) is 13.0 Å². The summed E-state index contributed by atoms with van der Waals surface area (Å²) in [5, 5.41) is 9.15. The fourth-order valence-electron chi connectivity index (χ4n) is 2.63. The molecule has 1 saturated carbocycles. The molecule has 0 heterocycles. The summed E-state index contributed by atoms with van der Waals surface area (Å²) in [6.07, 6.45) is 2.77. The van der Waals surface area contributed by atoms with Crippen LogP contribution in [0.1, 0.15) is 31.7 Å². The molecule has 20 heavy (non-hydrogen) atoms. The number of methoxy groups -OCH3 is 1. The normalized spacial score (nSPS) is 22.9. The van der Waals surface area contributed by atoms with Crippen molar-refractivity contribution in [2.75, 3.05) is 7.11 Å². The molecule has 0 spiro atoms. The molecule has 2 N–H and O–H groups in total. The average Bonchev–Trinajstić information content (AvgIpc) is 2.82. The molecule has 0 bridgehead atoms. The molecule has 2 unspecified atom stereocenters. The maximum Gasteiger partial charge on any atom is 0.244 e. The topological polar surface area (TPSA) is 75.6 Å². The van der Waals surface area contributed by atoms with Crippen LogP contribution in [0.4, 0.5) is 0 Å². The van der Waals surface area contributed by atoms with Crippen molar-refractivity contribution in [3.63, 3.8) is 0 Å². The lowest BCUT2D eigenvalue weighted by molar-refractivity contribution is 0.281. The number of sulfonamides is 1. The summed E-state index contributed by atoms with van der Waals surface area (Å²) < 4.78 is 32.8. The zero-order valence-corrected chi connectivity index (χ0v) is 12.6. The number of rotatable bonds is 5. The third-order valence-corrected chi connectivity index (χ3v) is 5.26. The third kappa shape index (κ3) is 3.31. The van der Waals surface area contributed by atoms with Crippen molar-refractivity contribution in [1.29, 1.82) is 0 Å². The van der Waals surface area contributed by atoms with Gasteiger partial charge >= 0.3 is 0 Å². The molecule has 6 heteroatoms. The van der Waals surface area contributed by atoms with Crippen molar-refractivity contribution in [3.8, 4) is 5.75 Å². The minimum atomic E-state index is -3.63. The second-order valence-electron chi connectivity index (χ2n) is 5.38. The van der Waals surface area contributed by atoms with Gasteiger partial charge in [-0.3, -0.25) is 0 Å². The molecule has 1 fully saturated rings. The smallest absolute Gasteiger partial charge is 0.244 e. The van der Waals surface area contributed by atoms with Crippen LogP contribution in [0.2, 0.25) is 0 Å². The predicted molar refractivity (Wildman–Crippen MR) is 76.0 cm³/mol. The monoisotopic (exact) mass is 299 g/mol. The van der Waals surface area contributed by atoms with E-state index in [1.807, 2.05) is 0 Å². The Kier molecular flexibility index (Phi) is 4.67. The molecule has 0 aliphatic heterocycles. The van der Waals surface area contributed by atoms with E-state index in [2.05, 4.69) is 11.6 Å². The van der Waals surface area contributed by atoms with Crippen molar-refractivity contribution < 1.29 is 18.3 Å². The molecule has 0 amide bonds. The van der Waals surface area contributed by atoms with Gasteiger partial charge in [0.2, 0.25) is 10.0 Å². The Morgan fingerprint density at radius 3 is 2.70 bits per heavy atom. The highest BCUT2D eigenvalue weighted by Crippen LogP contribution is 2.29. The minimum Gasteiger partial charge on any atom is -0.495 e. The van der Waals surface area contributed by atoms with E-state index in [1.54, 1.807) is 12.1 Å². The molecule has 1 aliphatic rings. The Bertz CT molecular complexity index is 571. The molecule has 0 radical (unpaired) electrons. The van der Waals surface area contributed by atoms with Crippen molar-refractivity contribution in [2.24, 2.45) is 5.92 Å². The molecule has 1 aliphatic carbocycles. The first-order valence-electron chi connectivity index (χ1n) is 6.76. The van der Waals surface area contributed by atoms with Crippen LogP contribution in [-0.4, -0.2) is 26.7 Å². The van der Waals surface area contributed by atoms with Crippen molar-refractivity contribution >= 4 is 10.0 Å². The van der Waals surface area contributed by atoms with Crippen molar-refractivity contribution in [3.05, 3.63) is 23.8 Å². The van der Waals surface area contributed by atoms with E-state index < -0.39 is 10.0 Å². The number of nitrogens with one attached hydrogen (secondary N) is 1. The summed E-state index contributed by atoms with van der Waals surface area (Å²) in [6.45, 7) is 1.92. The number of hydrogen-bond acceptors (Lipinski definition) is 4. The van der Waals surface area contributed by atoms with E-state index in [4.69, 9.17) is 9.84 Å². The van der Waals surface area contributed by atoms with Crippen LogP contribution >= 0.6 is 0 Å². The number of benzene rings is 1. The van der Waals surface area contributed by atoms with Crippen LogP contribution < -0.4 is 9.46 Å².